The maximum atomic E-state index is 5.24. The molecule has 0 aromatic carbocycles. The first-order chi connectivity index (χ1) is 5.84. The average molecular weight is 165 g/mol. The minimum Gasteiger partial charge on any atom is -0.468 e. The van der Waals surface area contributed by atoms with Gasteiger partial charge >= 0.3 is 0 Å². The molecule has 1 rings (SSSR count). The van der Waals surface area contributed by atoms with Crippen LogP contribution in [0.25, 0.3) is 0 Å². The molecule has 0 fully saturated rings. The normalized spacial score (nSPS) is 12.8. The molecule has 12 heavy (non-hydrogen) atoms. The Kier molecular flexibility index (Phi) is 3.61. The van der Waals surface area contributed by atoms with Crippen LogP contribution in [0.4, 0.5) is 0 Å². The molecular weight excluding hydrogens is 150 g/mol. The van der Waals surface area contributed by atoms with Crippen LogP contribution in [0.1, 0.15) is 25.1 Å². The highest BCUT2D eigenvalue weighted by molar-refractivity contribution is 5.02. The standard InChI is InChI=1S/C10H15NO/c1-3-4-7-11-9(2)10-6-5-8-12-10/h3,5-6,8-9,11H,1,4,7H2,2H3/t9-/m0/s1. The van der Waals surface area contributed by atoms with E-state index in [0.29, 0.717) is 6.04 Å². The van der Waals surface area contributed by atoms with Crippen molar-refractivity contribution in [1.82, 2.24) is 5.32 Å². The summed E-state index contributed by atoms with van der Waals surface area (Å²) in [7, 11) is 0. The molecule has 66 valence electrons. The number of rotatable bonds is 5. The van der Waals surface area contributed by atoms with Crippen LogP contribution >= 0.6 is 0 Å². The van der Waals surface area contributed by atoms with Gasteiger partial charge < -0.3 is 9.73 Å². The van der Waals surface area contributed by atoms with Crippen LogP contribution in [-0.4, -0.2) is 6.54 Å². The van der Waals surface area contributed by atoms with Gasteiger partial charge in [-0.2, -0.15) is 0 Å². The van der Waals surface area contributed by atoms with E-state index in [1.165, 1.54) is 0 Å². The zero-order valence-electron chi connectivity index (χ0n) is 7.42. The number of nitrogens with one attached hydrogen (secondary N) is 1. The Morgan fingerprint density at radius 1 is 1.75 bits per heavy atom. The Morgan fingerprint density at radius 2 is 2.58 bits per heavy atom. The molecule has 0 amide bonds. The van der Waals surface area contributed by atoms with E-state index in [2.05, 4.69) is 18.8 Å². The Labute approximate surface area is 73.3 Å². The molecule has 0 saturated carbocycles. The summed E-state index contributed by atoms with van der Waals surface area (Å²) in [5, 5.41) is 3.32. The second-order valence-electron chi connectivity index (χ2n) is 2.77. The Bertz CT molecular complexity index is 216. The highest BCUT2D eigenvalue weighted by atomic mass is 16.3. The van der Waals surface area contributed by atoms with Crippen LogP contribution in [-0.2, 0) is 0 Å². The quantitative estimate of drug-likeness (QED) is 0.535. The molecule has 1 aromatic rings. The summed E-state index contributed by atoms with van der Waals surface area (Å²) >= 11 is 0. The third kappa shape index (κ3) is 2.55. The van der Waals surface area contributed by atoms with Gasteiger partial charge in [0.05, 0.1) is 12.3 Å². The largest absolute Gasteiger partial charge is 0.468 e. The zero-order valence-corrected chi connectivity index (χ0v) is 7.42. The predicted octanol–water partition coefficient (Wildman–Crippen LogP) is 2.51. The van der Waals surface area contributed by atoms with Crippen LogP contribution < -0.4 is 5.32 Å². The lowest BCUT2D eigenvalue weighted by atomic mass is 10.2. The van der Waals surface area contributed by atoms with Gasteiger partial charge in [0.1, 0.15) is 5.76 Å². The van der Waals surface area contributed by atoms with Crippen molar-refractivity contribution in [3.05, 3.63) is 36.8 Å². The van der Waals surface area contributed by atoms with Crippen molar-refractivity contribution < 1.29 is 4.42 Å². The molecule has 1 N–H and O–H groups in total. The van der Waals surface area contributed by atoms with Crippen molar-refractivity contribution in [1.29, 1.82) is 0 Å². The van der Waals surface area contributed by atoms with E-state index in [1.807, 2.05) is 18.2 Å². The highest BCUT2D eigenvalue weighted by Crippen LogP contribution is 2.11. The highest BCUT2D eigenvalue weighted by Gasteiger charge is 2.04. The van der Waals surface area contributed by atoms with Gasteiger partial charge in [-0.05, 0) is 32.0 Å². The molecule has 0 bridgehead atoms. The lowest BCUT2D eigenvalue weighted by Gasteiger charge is -2.09. The Hall–Kier alpha value is -1.02. The summed E-state index contributed by atoms with van der Waals surface area (Å²) in [5.74, 6) is 0.985. The molecule has 2 nitrogen and oxygen atoms in total. The molecule has 0 aliphatic rings. The van der Waals surface area contributed by atoms with Gasteiger partial charge in [0.2, 0.25) is 0 Å². The van der Waals surface area contributed by atoms with Crippen molar-refractivity contribution >= 4 is 0 Å². The smallest absolute Gasteiger partial charge is 0.120 e. The van der Waals surface area contributed by atoms with Crippen LogP contribution in [0.3, 0.4) is 0 Å². The number of furan rings is 1. The van der Waals surface area contributed by atoms with Gasteiger partial charge in [-0.3, -0.25) is 0 Å². The van der Waals surface area contributed by atoms with Crippen LogP contribution in [0.5, 0.6) is 0 Å². The summed E-state index contributed by atoms with van der Waals surface area (Å²) < 4.78 is 5.24. The summed E-state index contributed by atoms with van der Waals surface area (Å²) in [6, 6.07) is 4.17. The van der Waals surface area contributed by atoms with E-state index in [9.17, 15) is 0 Å². The molecule has 0 aliphatic heterocycles. The van der Waals surface area contributed by atoms with Gasteiger partial charge in [-0.1, -0.05) is 6.08 Å². The third-order valence-electron chi connectivity index (χ3n) is 1.77. The summed E-state index contributed by atoms with van der Waals surface area (Å²) in [4.78, 5) is 0. The van der Waals surface area contributed by atoms with E-state index in [-0.39, 0.29) is 0 Å². The second kappa shape index (κ2) is 4.78. The van der Waals surface area contributed by atoms with Gasteiger partial charge in [0, 0.05) is 0 Å². The summed E-state index contributed by atoms with van der Waals surface area (Å²) in [6.07, 6.45) is 4.59. The lowest BCUT2D eigenvalue weighted by Crippen LogP contribution is -2.18. The fraction of sp³-hybridized carbons (Fsp3) is 0.400. The fourth-order valence-corrected chi connectivity index (χ4v) is 1.04. The minimum atomic E-state index is 0.292. The van der Waals surface area contributed by atoms with E-state index < -0.39 is 0 Å². The molecule has 0 unspecified atom stereocenters. The van der Waals surface area contributed by atoms with Crippen LogP contribution in [0.15, 0.2) is 35.5 Å². The fourth-order valence-electron chi connectivity index (χ4n) is 1.04. The monoisotopic (exact) mass is 165 g/mol. The first-order valence-electron chi connectivity index (χ1n) is 4.22. The minimum absolute atomic E-state index is 0.292. The van der Waals surface area contributed by atoms with E-state index in [0.717, 1.165) is 18.7 Å². The third-order valence-corrected chi connectivity index (χ3v) is 1.77. The maximum Gasteiger partial charge on any atom is 0.120 e. The SMILES string of the molecule is C=CCCN[C@@H](C)c1ccco1. The van der Waals surface area contributed by atoms with Crippen molar-refractivity contribution in [3.8, 4) is 0 Å². The van der Waals surface area contributed by atoms with Crippen molar-refractivity contribution in [3.63, 3.8) is 0 Å². The van der Waals surface area contributed by atoms with E-state index in [1.54, 1.807) is 6.26 Å². The van der Waals surface area contributed by atoms with Gasteiger partial charge in [0.25, 0.3) is 0 Å². The van der Waals surface area contributed by atoms with Gasteiger partial charge in [-0.25, -0.2) is 0 Å². The van der Waals surface area contributed by atoms with Crippen molar-refractivity contribution in [2.24, 2.45) is 0 Å². The van der Waals surface area contributed by atoms with Gasteiger partial charge in [0.15, 0.2) is 0 Å². The maximum absolute atomic E-state index is 5.24. The topological polar surface area (TPSA) is 25.2 Å². The molecule has 0 aliphatic carbocycles. The summed E-state index contributed by atoms with van der Waals surface area (Å²) in [5.41, 5.74) is 0. The molecule has 2 heteroatoms. The van der Waals surface area contributed by atoms with Crippen LogP contribution in [0.2, 0.25) is 0 Å². The van der Waals surface area contributed by atoms with Crippen LogP contribution in [0, 0.1) is 0 Å². The first kappa shape index (κ1) is 9.07. The molecule has 1 heterocycles. The molecule has 1 aromatic heterocycles. The Balaban J connectivity index is 2.29. The van der Waals surface area contributed by atoms with Crippen molar-refractivity contribution in [2.75, 3.05) is 6.54 Å². The van der Waals surface area contributed by atoms with E-state index in [4.69, 9.17) is 4.42 Å². The molecular formula is C10H15NO. The summed E-state index contributed by atoms with van der Waals surface area (Å²) in [6.45, 7) is 6.69. The molecule has 1 atom stereocenters. The lowest BCUT2D eigenvalue weighted by molar-refractivity contribution is 0.433. The average Bonchev–Trinajstić information content (AvgIpc) is 2.56. The number of hydrogen-bond acceptors (Lipinski definition) is 2. The van der Waals surface area contributed by atoms with Gasteiger partial charge in [-0.15, -0.1) is 6.58 Å². The van der Waals surface area contributed by atoms with E-state index >= 15 is 0 Å². The second-order valence-corrected chi connectivity index (χ2v) is 2.77. The first-order valence-corrected chi connectivity index (χ1v) is 4.22. The number of hydrogen-bond donors (Lipinski definition) is 1. The molecule has 0 radical (unpaired) electrons. The Morgan fingerprint density at radius 3 is 3.17 bits per heavy atom. The molecule has 0 saturated heterocycles. The van der Waals surface area contributed by atoms with Crippen molar-refractivity contribution in [2.45, 2.75) is 19.4 Å². The zero-order chi connectivity index (χ0) is 8.81. The predicted molar refractivity (Wildman–Crippen MR) is 49.9 cm³/mol. The molecule has 0 spiro atoms.